The predicted molar refractivity (Wildman–Crippen MR) is 115 cm³/mol. The fraction of sp³-hybridized carbons (Fsp3) is 0.591. The highest BCUT2D eigenvalue weighted by molar-refractivity contribution is 5.81. The monoisotopic (exact) mass is 489 g/mol. The van der Waals surface area contributed by atoms with E-state index in [2.05, 4.69) is 20.9 Å². The van der Waals surface area contributed by atoms with Crippen LogP contribution in [-0.2, 0) is 23.7 Å². The van der Waals surface area contributed by atoms with Crippen molar-refractivity contribution >= 4 is 29.3 Å². The molecule has 0 amide bonds. The lowest BCUT2D eigenvalue weighted by Crippen LogP contribution is -2.45. The van der Waals surface area contributed by atoms with Gasteiger partial charge in [-0.3, -0.25) is 4.57 Å². The van der Waals surface area contributed by atoms with E-state index in [0.29, 0.717) is 0 Å². The number of cyclic esters (lactones) is 3. The second-order valence-corrected chi connectivity index (χ2v) is 8.87. The van der Waals surface area contributed by atoms with Crippen molar-refractivity contribution in [2.24, 2.45) is 11.8 Å². The van der Waals surface area contributed by atoms with Gasteiger partial charge in [0.05, 0.1) is 19.5 Å². The summed E-state index contributed by atoms with van der Waals surface area (Å²) in [6.07, 6.45) is 5.99. The Hall–Kier alpha value is -3.66. The molecule has 5 rings (SSSR count). The molecule has 2 aromatic rings. The quantitative estimate of drug-likeness (QED) is 0.357. The lowest BCUT2D eigenvalue weighted by molar-refractivity contribution is -0.104. The number of anilines is 1. The zero-order valence-corrected chi connectivity index (χ0v) is 18.7. The molecule has 186 valence electrons. The highest BCUT2D eigenvalue weighted by Crippen LogP contribution is 2.41. The molecule has 5 atom stereocenters. The Kier molecular flexibility index (Phi) is 6.06. The lowest BCUT2D eigenvalue weighted by Gasteiger charge is -2.30. The van der Waals surface area contributed by atoms with Gasteiger partial charge < -0.3 is 29.4 Å². The van der Waals surface area contributed by atoms with E-state index in [-0.39, 0.29) is 48.5 Å². The van der Waals surface area contributed by atoms with Crippen LogP contribution in [0.5, 0.6) is 0 Å². The van der Waals surface area contributed by atoms with E-state index in [9.17, 15) is 14.0 Å². The minimum Gasteiger partial charge on any atom is -0.434 e. The number of ether oxygens (including phenoxy) is 5. The third kappa shape index (κ3) is 4.41. The zero-order valence-electron chi connectivity index (χ0n) is 18.7. The maximum atomic E-state index is 13.8. The Morgan fingerprint density at radius 3 is 2.54 bits per heavy atom. The van der Waals surface area contributed by atoms with Gasteiger partial charge in [0.1, 0.15) is 12.8 Å². The summed E-state index contributed by atoms with van der Waals surface area (Å²) in [5.41, 5.74) is 4.29. The molecule has 2 aromatic heterocycles. The molecule has 2 N–H and O–H groups in total. The molecule has 2 saturated heterocycles. The molecule has 0 aromatic carbocycles. The molecule has 35 heavy (non-hydrogen) atoms. The van der Waals surface area contributed by atoms with Crippen LogP contribution in [0.3, 0.4) is 0 Å². The van der Waals surface area contributed by atoms with Gasteiger partial charge in [-0.15, -0.1) is 6.42 Å². The minimum absolute atomic E-state index is 0.0146. The molecule has 1 saturated carbocycles. The second kappa shape index (κ2) is 9.18. The lowest BCUT2D eigenvalue weighted by atomic mass is 9.80. The van der Waals surface area contributed by atoms with Crippen molar-refractivity contribution in [3.63, 3.8) is 0 Å². The van der Waals surface area contributed by atoms with Gasteiger partial charge in [0.2, 0.25) is 5.60 Å². The van der Waals surface area contributed by atoms with Crippen LogP contribution >= 0.6 is 0 Å². The number of hydrogen-bond acceptors (Lipinski definition) is 11. The van der Waals surface area contributed by atoms with Gasteiger partial charge in [0, 0.05) is 6.42 Å². The van der Waals surface area contributed by atoms with Gasteiger partial charge in [-0.2, -0.15) is 14.4 Å². The Labute approximate surface area is 199 Å². The fourth-order valence-corrected chi connectivity index (χ4v) is 4.90. The SMILES string of the molecule is C#C[C@@]12COC(=O)OCC3CCCCC3COC(=O)O[C@@H]1C[C@H](n1cnc3c(N)nc(F)nc31)O2. The number of fused-ring (bicyclic) bond motifs is 3. The Balaban J connectivity index is 1.42. The van der Waals surface area contributed by atoms with Crippen molar-refractivity contribution in [2.45, 2.75) is 50.0 Å². The smallest absolute Gasteiger partial charge is 0.434 e. The van der Waals surface area contributed by atoms with Crippen LogP contribution in [0.2, 0.25) is 0 Å². The summed E-state index contributed by atoms with van der Waals surface area (Å²) in [7, 11) is 0. The van der Waals surface area contributed by atoms with Crippen LogP contribution < -0.4 is 5.73 Å². The number of rotatable bonds is 1. The summed E-state index contributed by atoms with van der Waals surface area (Å²) >= 11 is 0. The van der Waals surface area contributed by atoms with E-state index < -0.39 is 42.9 Å². The average Bonchev–Trinajstić information content (AvgIpc) is 3.42. The van der Waals surface area contributed by atoms with Gasteiger partial charge in [0.25, 0.3) is 0 Å². The molecule has 0 radical (unpaired) electrons. The number of hydrogen-bond donors (Lipinski definition) is 1. The van der Waals surface area contributed by atoms with Crippen LogP contribution in [0.1, 0.15) is 38.3 Å². The number of nitrogens with zero attached hydrogens (tertiary/aromatic N) is 4. The van der Waals surface area contributed by atoms with Crippen LogP contribution in [0.4, 0.5) is 19.8 Å². The average molecular weight is 489 g/mol. The first-order valence-corrected chi connectivity index (χ1v) is 11.3. The normalized spacial score (nSPS) is 31.8. The molecule has 0 bridgehead atoms. The minimum atomic E-state index is -1.67. The van der Waals surface area contributed by atoms with Crippen LogP contribution in [0.25, 0.3) is 11.2 Å². The first kappa shape index (κ1) is 23.1. The van der Waals surface area contributed by atoms with E-state index in [4.69, 9.17) is 35.8 Å². The van der Waals surface area contributed by atoms with Crippen molar-refractivity contribution in [3.05, 3.63) is 12.4 Å². The van der Waals surface area contributed by atoms with Crippen LogP contribution in [0.15, 0.2) is 6.33 Å². The first-order valence-electron chi connectivity index (χ1n) is 11.3. The van der Waals surface area contributed by atoms with Gasteiger partial charge in [-0.1, -0.05) is 18.8 Å². The van der Waals surface area contributed by atoms with E-state index in [1.165, 1.54) is 10.9 Å². The molecule has 2 aliphatic heterocycles. The van der Waals surface area contributed by atoms with Crippen molar-refractivity contribution in [2.75, 3.05) is 25.6 Å². The standard InChI is InChI=1S/C22H24FN5O7/c1-2-22-10-33-20(29)31-8-12-5-3-4-6-13(12)9-32-21(30)34-14(22)7-15(35-22)28-11-25-16-17(24)26-19(23)27-18(16)28/h1,11-15H,3-10H2,(H2,24,26,27)/t12?,13?,14-,15-,22-/m1/s1. The van der Waals surface area contributed by atoms with E-state index >= 15 is 0 Å². The number of carbonyl (C=O) groups excluding carboxylic acids is 2. The molecule has 12 nitrogen and oxygen atoms in total. The summed E-state index contributed by atoms with van der Waals surface area (Å²) in [6.45, 7) is -0.182. The third-order valence-corrected chi connectivity index (χ3v) is 6.80. The summed E-state index contributed by atoms with van der Waals surface area (Å²) in [5.74, 6) is 2.39. The molecular formula is C22H24FN5O7. The molecule has 3 aliphatic rings. The molecule has 4 heterocycles. The molecule has 13 heteroatoms. The van der Waals surface area contributed by atoms with Gasteiger partial charge in [0.15, 0.2) is 23.1 Å². The predicted octanol–water partition coefficient (Wildman–Crippen LogP) is 2.33. The van der Waals surface area contributed by atoms with Gasteiger partial charge in [-0.25, -0.2) is 14.6 Å². The number of carbonyl (C=O) groups is 2. The number of imidazole rings is 1. The van der Waals surface area contributed by atoms with E-state index in [1.807, 2.05) is 0 Å². The van der Waals surface area contributed by atoms with Crippen molar-refractivity contribution in [1.29, 1.82) is 0 Å². The van der Waals surface area contributed by atoms with Crippen LogP contribution in [-0.4, -0.2) is 63.4 Å². The third-order valence-electron chi connectivity index (χ3n) is 6.80. The fourth-order valence-electron chi connectivity index (χ4n) is 4.90. The topological polar surface area (TPSA) is 150 Å². The highest BCUT2D eigenvalue weighted by atomic mass is 19.1. The number of nitrogens with two attached hydrogens (primary N) is 1. The molecule has 1 aliphatic carbocycles. The molecular weight excluding hydrogens is 465 g/mol. The number of nitrogen functional groups attached to an aromatic ring is 1. The van der Waals surface area contributed by atoms with Crippen molar-refractivity contribution in [1.82, 2.24) is 19.5 Å². The molecule has 0 spiro atoms. The number of terminal acetylenes is 1. The zero-order chi connectivity index (χ0) is 24.6. The summed E-state index contributed by atoms with van der Waals surface area (Å²) in [5, 5.41) is 0. The molecule has 2 unspecified atom stereocenters. The largest absolute Gasteiger partial charge is 0.508 e. The van der Waals surface area contributed by atoms with E-state index in [0.717, 1.165) is 25.7 Å². The number of halogens is 1. The van der Waals surface area contributed by atoms with Crippen molar-refractivity contribution < 1.29 is 37.7 Å². The Bertz CT molecular complexity index is 1180. The summed E-state index contributed by atoms with van der Waals surface area (Å²) < 4.78 is 42.8. The maximum Gasteiger partial charge on any atom is 0.508 e. The Morgan fingerprint density at radius 2 is 1.83 bits per heavy atom. The molecule has 3 fully saturated rings. The highest BCUT2D eigenvalue weighted by Gasteiger charge is 2.53. The maximum absolute atomic E-state index is 13.8. The van der Waals surface area contributed by atoms with Crippen molar-refractivity contribution in [3.8, 4) is 12.3 Å². The van der Waals surface area contributed by atoms with E-state index in [1.54, 1.807) is 0 Å². The van der Waals surface area contributed by atoms with Crippen LogP contribution in [0, 0.1) is 30.3 Å². The summed E-state index contributed by atoms with van der Waals surface area (Å²) in [4.78, 5) is 36.3. The van der Waals surface area contributed by atoms with Gasteiger partial charge >= 0.3 is 18.4 Å². The number of aromatic nitrogens is 4. The summed E-state index contributed by atoms with van der Waals surface area (Å²) in [6, 6.07) is 0. The first-order chi connectivity index (χ1) is 16.9. The second-order valence-electron chi connectivity index (χ2n) is 8.87. The van der Waals surface area contributed by atoms with Gasteiger partial charge in [-0.05, 0) is 24.7 Å². The Morgan fingerprint density at radius 1 is 1.11 bits per heavy atom.